The molecule has 0 aliphatic heterocycles. The summed E-state index contributed by atoms with van der Waals surface area (Å²) in [4.78, 5) is 34.9. The number of Topliss-reactive ketones (excluding diaryl/α,β-unsaturated/α-hetero) is 1. The van der Waals surface area contributed by atoms with E-state index in [-0.39, 0.29) is 5.78 Å². The van der Waals surface area contributed by atoms with Gasteiger partial charge in [-0.25, -0.2) is 4.98 Å². The highest BCUT2D eigenvalue weighted by Gasteiger charge is 2.18. The van der Waals surface area contributed by atoms with Gasteiger partial charge in [-0.15, -0.1) is 11.3 Å². The molecule has 8 nitrogen and oxygen atoms in total. The van der Waals surface area contributed by atoms with Crippen LogP contribution in [-0.4, -0.2) is 40.9 Å². The largest absolute Gasteiger partial charge is 0.336 e. The third-order valence-corrected chi connectivity index (χ3v) is 6.38. The molecule has 154 valence electrons. The van der Waals surface area contributed by atoms with Crippen molar-refractivity contribution < 1.29 is 4.79 Å². The second kappa shape index (κ2) is 7.17. The van der Waals surface area contributed by atoms with Gasteiger partial charge in [0.2, 0.25) is 0 Å². The van der Waals surface area contributed by atoms with E-state index in [1.807, 2.05) is 42.5 Å². The van der Waals surface area contributed by atoms with Crippen LogP contribution in [0.3, 0.4) is 0 Å². The molecule has 0 saturated heterocycles. The summed E-state index contributed by atoms with van der Waals surface area (Å²) in [5.41, 5.74) is 5.36. The van der Waals surface area contributed by atoms with Crippen LogP contribution in [0, 0.1) is 0 Å². The minimum absolute atomic E-state index is 0.0384. The summed E-state index contributed by atoms with van der Waals surface area (Å²) in [5.74, 6) is 0.665. The van der Waals surface area contributed by atoms with E-state index in [1.54, 1.807) is 25.5 Å². The lowest BCUT2D eigenvalue weighted by Gasteiger charge is -2.00. The second-order valence-corrected chi connectivity index (χ2v) is 8.35. The fraction of sp³-hybridized carbons (Fsp3) is 0.0435. The van der Waals surface area contributed by atoms with Gasteiger partial charge in [0.25, 0.3) is 0 Å². The smallest absolute Gasteiger partial charge is 0.169 e. The molecule has 0 saturated carbocycles. The molecule has 0 aliphatic carbocycles. The van der Waals surface area contributed by atoms with Crippen molar-refractivity contribution in [2.45, 2.75) is 6.92 Å². The van der Waals surface area contributed by atoms with Gasteiger partial charge in [-0.1, -0.05) is 6.07 Å². The molecule has 0 fully saturated rings. The van der Waals surface area contributed by atoms with E-state index in [2.05, 4.69) is 30.1 Å². The number of fused-ring (bicyclic) bond motifs is 2. The Hall–Kier alpha value is -4.24. The Bertz CT molecular complexity index is 1610. The number of imidazole rings is 1. The number of H-pyrrole nitrogens is 2. The van der Waals surface area contributed by atoms with Crippen LogP contribution in [0.2, 0.25) is 0 Å². The van der Waals surface area contributed by atoms with E-state index in [0.29, 0.717) is 16.4 Å². The van der Waals surface area contributed by atoms with E-state index in [1.165, 1.54) is 11.3 Å². The highest BCUT2D eigenvalue weighted by atomic mass is 32.1. The highest BCUT2D eigenvalue weighted by molar-refractivity contribution is 7.17. The molecular weight excluding hydrogens is 422 g/mol. The summed E-state index contributed by atoms with van der Waals surface area (Å²) in [6.45, 7) is 1.56. The van der Waals surface area contributed by atoms with E-state index in [9.17, 15) is 4.79 Å². The minimum Gasteiger partial charge on any atom is -0.336 e. The van der Waals surface area contributed by atoms with Crippen molar-refractivity contribution in [3.63, 3.8) is 0 Å². The number of ketones is 1. The van der Waals surface area contributed by atoms with Gasteiger partial charge in [-0.2, -0.15) is 5.10 Å². The number of carbonyl (C=O) groups is 1. The van der Waals surface area contributed by atoms with Crippen LogP contribution in [-0.2, 0) is 0 Å². The Morgan fingerprint density at radius 1 is 0.938 bits per heavy atom. The van der Waals surface area contributed by atoms with Gasteiger partial charge >= 0.3 is 0 Å². The molecular formula is C23H15N7OS. The highest BCUT2D eigenvalue weighted by Crippen LogP contribution is 2.34. The minimum atomic E-state index is 0.0384. The average Bonchev–Trinajstić information content (AvgIpc) is 3.56. The number of nitrogens with zero attached hydrogens (tertiary/aromatic N) is 5. The van der Waals surface area contributed by atoms with Crippen LogP contribution in [0.15, 0.2) is 61.1 Å². The van der Waals surface area contributed by atoms with Gasteiger partial charge in [0.05, 0.1) is 38.4 Å². The number of rotatable bonds is 4. The van der Waals surface area contributed by atoms with E-state index < -0.39 is 0 Å². The molecule has 6 aromatic rings. The first-order valence-electron chi connectivity index (χ1n) is 9.89. The molecule has 0 aliphatic rings. The normalized spacial score (nSPS) is 11.4. The number of aromatic nitrogens is 7. The number of aromatic amines is 2. The molecule has 0 aromatic carbocycles. The summed E-state index contributed by atoms with van der Waals surface area (Å²) in [6, 6.07) is 13.3. The molecule has 6 heterocycles. The van der Waals surface area contributed by atoms with Crippen molar-refractivity contribution in [2.24, 2.45) is 0 Å². The third-order valence-electron chi connectivity index (χ3n) is 5.19. The standard InChI is InChI=1S/C23H15N7OS/c1-12(31)18-5-6-19(32-18)22-21-15(7-9-25-22)27-23(28-21)20-13-10-16(14-4-2-3-8-24-14)26-11-17(13)29-30-20/h2-11H,1H3,(H,27,28)(H,29,30). The molecule has 0 unspecified atom stereocenters. The van der Waals surface area contributed by atoms with Crippen molar-refractivity contribution in [3.8, 4) is 33.5 Å². The van der Waals surface area contributed by atoms with E-state index in [0.717, 1.165) is 43.9 Å². The van der Waals surface area contributed by atoms with Crippen molar-refractivity contribution >= 4 is 39.1 Å². The van der Waals surface area contributed by atoms with Gasteiger partial charge in [0, 0.05) is 17.8 Å². The third kappa shape index (κ3) is 2.98. The van der Waals surface area contributed by atoms with Crippen molar-refractivity contribution in [1.29, 1.82) is 0 Å². The zero-order valence-corrected chi connectivity index (χ0v) is 17.6. The molecule has 6 aromatic heterocycles. The maximum Gasteiger partial charge on any atom is 0.169 e. The Labute approximate surface area is 185 Å². The molecule has 6 rings (SSSR count). The first-order valence-corrected chi connectivity index (χ1v) is 10.7. The molecule has 32 heavy (non-hydrogen) atoms. The van der Waals surface area contributed by atoms with Crippen LogP contribution >= 0.6 is 11.3 Å². The van der Waals surface area contributed by atoms with Crippen LogP contribution in [0.1, 0.15) is 16.6 Å². The van der Waals surface area contributed by atoms with E-state index in [4.69, 9.17) is 4.98 Å². The molecule has 0 amide bonds. The second-order valence-electron chi connectivity index (χ2n) is 7.26. The molecule has 0 radical (unpaired) electrons. The van der Waals surface area contributed by atoms with Gasteiger partial charge in [-0.05, 0) is 43.3 Å². The van der Waals surface area contributed by atoms with Gasteiger partial charge in [0.1, 0.15) is 16.9 Å². The van der Waals surface area contributed by atoms with Gasteiger partial charge in [0.15, 0.2) is 11.6 Å². The van der Waals surface area contributed by atoms with Crippen molar-refractivity contribution in [1.82, 2.24) is 35.1 Å². The zero-order chi connectivity index (χ0) is 21.7. The molecule has 2 N–H and O–H groups in total. The zero-order valence-electron chi connectivity index (χ0n) is 16.8. The lowest BCUT2D eigenvalue weighted by atomic mass is 10.1. The summed E-state index contributed by atoms with van der Waals surface area (Å²) < 4.78 is 0. The lowest BCUT2D eigenvalue weighted by molar-refractivity contribution is 0.102. The van der Waals surface area contributed by atoms with Crippen LogP contribution in [0.5, 0.6) is 0 Å². The number of nitrogens with one attached hydrogen (secondary N) is 2. The van der Waals surface area contributed by atoms with Crippen LogP contribution in [0.25, 0.3) is 55.4 Å². The predicted octanol–water partition coefficient (Wildman–Crippen LogP) is 4.89. The first-order chi connectivity index (χ1) is 15.7. The van der Waals surface area contributed by atoms with Gasteiger partial charge < -0.3 is 4.98 Å². The first kappa shape index (κ1) is 18.5. The Kier molecular flexibility index (Phi) is 4.15. The summed E-state index contributed by atoms with van der Waals surface area (Å²) >= 11 is 1.41. The Morgan fingerprint density at radius 2 is 1.88 bits per heavy atom. The fourth-order valence-corrected chi connectivity index (χ4v) is 4.53. The Balaban J connectivity index is 1.49. The lowest BCUT2D eigenvalue weighted by Crippen LogP contribution is -1.87. The average molecular weight is 437 g/mol. The monoisotopic (exact) mass is 437 g/mol. The quantitative estimate of drug-likeness (QED) is 0.380. The number of thiophene rings is 1. The topological polar surface area (TPSA) is 113 Å². The summed E-state index contributed by atoms with van der Waals surface area (Å²) in [5, 5.41) is 8.40. The fourth-order valence-electron chi connectivity index (χ4n) is 3.63. The Morgan fingerprint density at radius 3 is 2.69 bits per heavy atom. The van der Waals surface area contributed by atoms with E-state index >= 15 is 0 Å². The van der Waals surface area contributed by atoms with Crippen molar-refractivity contribution in [2.75, 3.05) is 0 Å². The molecule has 9 heteroatoms. The summed E-state index contributed by atoms with van der Waals surface area (Å²) in [6.07, 6.45) is 5.23. The SMILES string of the molecule is CC(=O)c1ccc(-c2nccc3[nH]c(-c4n[nH]c5cnc(-c6ccccn6)cc45)nc23)s1. The predicted molar refractivity (Wildman–Crippen MR) is 123 cm³/mol. The maximum atomic E-state index is 11.7. The number of hydrogen-bond acceptors (Lipinski definition) is 7. The maximum absolute atomic E-state index is 11.7. The van der Waals surface area contributed by atoms with Crippen molar-refractivity contribution in [3.05, 3.63) is 65.9 Å². The van der Waals surface area contributed by atoms with Gasteiger partial charge in [-0.3, -0.25) is 24.8 Å². The number of hydrogen-bond donors (Lipinski definition) is 2. The number of carbonyl (C=O) groups excluding carboxylic acids is 1. The molecule has 0 atom stereocenters. The van der Waals surface area contributed by atoms with Crippen LogP contribution < -0.4 is 0 Å². The molecule has 0 bridgehead atoms. The summed E-state index contributed by atoms with van der Waals surface area (Å²) in [7, 11) is 0. The van der Waals surface area contributed by atoms with Crippen LogP contribution in [0.4, 0.5) is 0 Å². The number of pyridine rings is 3. The molecule has 0 spiro atoms.